The second-order valence-corrected chi connectivity index (χ2v) is 26.9. The number of hydrogen-bond donors (Lipinski definition) is 1. The van der Waals surface area contributed by atoms with E-state index in [4.69, 9.17) is 59.9 Å². The molecule has 17 heteroatoms. The van der Waals surface area contributed by atoms with Crippen molar-refractivity contribution in [3.8, 4) is 45.6 Å². The number of nitrogens with zero attached hydrogens (tertiary/aromatic N) is 15. The first-order valence-corrected chi connectivity index (χ1v) is 31.0. The Morgan fingerprint density at radius 2 is 0.580 bits per heavy atom. The Kier molecular flexibility index (Phi) is 8.56. The summed E-state index contributed by atoms with van der Waals surface area (Å²) in [6.07, 6.45) is 0. The van der Waals surface area contributed by atoms with Crippen molar-refractivity contribution in [2.75, 3.05) is 0 Å². The van der Waals surface area contributed by atoms with E-state index in [1.54, 1.807) is 0 Å². The molecule has 0 radical (unpaired) electrons. The molecule has 14 bridgehead atoms. The molecule has 19 rings (SSSR count). The van der Waals surface area contributed by atoms with Crippen molar-refractivity contribution in [1.29, 1.82) is 0 Å². The second-order valence-electron chi connectivity index (χ2n) is 20.5. The van der Waals surface area contributed by atoms with E-state index in [-0.39, 0.29) is 0 Å². The van der Waals surface area contributed by atoms with E-state index >= 15 is 0 Å². The van der Waals surface area contributed by atoms with Crippen LogP contribution in [0.15, 0.2) is 224 Å². The van der Waals surface area contributed by atoms with Gasteiger partial charge < -0.3 is 0 Å². The molecule has 1 N–H and O–H groups in total. The molecule has 81 heavy (non-hydrogen) atoms. The van der Waals surface area contributed by atoms with Crippen molar-refractivity contribution in [2.45, 2.75) is 0 Å². The quantitative estimate of drug-likeness (QED) is 0.171. The van der Waals surface area contributed by atoms with Gasteiger partial charge in [-0.1, -0.05) is 0 Å². The molecule has 0 spiro atoms. The summed E-state index contributed by atoms with van der Waals surface area (Å²) in [6, 6.07) is 66.0. The number of aromatic amines is 1. The first-order valence-electron chi connectivity index (χ1n) is 26.6. The van der Waals surface area contributed by atoms with Gasteiger partial charge in [0.2, 0.25) is 0 Å². The fraction of sp³-hybridized carbons (Fsp3) is 0. The molecule has 0 unspecified atom stereocenters. The fourth-order valence-corrected chi connectivity index (χ4v) is 21.7. The standard InChI is InChI=1S/C32H17N8.C32H16N8.In/c2*1-2-10-18-17(9-1)25-33-26(18)38-28-21-13-5-6-14-22(21)30(35-28)40-32-24-16-8-7-15-23(24)31(36-32)39-29-20-12-4-3-11-19(20)27(34-29)37-25;/h1-16H,(H-,33,34,35,36,37,38,39,40);1-16H;/q-1;-2;+3. The number of fused-ring (bicyclic) bond motifs is 35. The summed E-state index contributed by atoms with van der Waals surface area (Å²) in [4.78, 5) is 70.6. The van der Waals surface area contributed by atoms with Crippen LogP contribution < -0.4 is 11.0 Å². The molecule has 0 aliphatic carbocycles. The molecule has 16 nitrogen and oxygen atoms in total. The summed E-state index contributed by atoms with van der Waals surface area (Å²) in [6.45, 7) is 0. The predicted molar refractivity (Wildman–Crippen MR) is 316 cm³/mol. The zero-order valence-corrected chi connectivity index (χ0v) is 45.6. The molecule has 13 aromatic rings. The second kappa shape index (κ2) is 16.0. The van der Waals surface area contributed by atoms with Gasteiger partial charge in [0.05, 0.1) is 0 Å². The molecule has 0 amide bonds. The van der Waals surface area contributed by atoms with E-state index in [0.717, 1.165) is 87.6 Å². The van der Waals surface area contributed by atoms with Gasteiger partial charge in [0.25, 0.3) is 0 Å². The van der Waals surface area contributed by atoms with Gasteiger partial charge in [-0.15, -0.1) is 0 Å². The Labute approximate surface area is 465 Å². The molecule has 372 valence electrons. The van der Waals surface area contributed by atoms with E-state index in [0.29, 0.717) is 91.8 Å². The average Bonchev–Trinajstić information content (AvgIpc) is 4.59. The Morgan fingerprint density at radius 1 is 0.259 bits per heavy atom. The molecule has 8 aromatic carbocycles. The molecule has 0 fully saturated rings. The van der Waals surface area contributed by atoms with Gasteiger partial charge >= 0.3 is 468 Å². The van der Waals surface area contributed by atoms with Crippen molar-refractivity contribution in [2.24, 2.45) is 30.0 Å². The summed E-state index contributed by atoms with van der Waals surface area (Å²) in [5.74, 6) is 5.58. The normalized spacial score (nSPS) is 14.1. The third-order valence-electron chi connectivity index (χ3n) is 16.2. The first kappa shape index (κ1) is 43.3. The Bertz CT molecular complexity index is 5250. The van der Waals surface area contributed by atoms with Crippen LogP contribution >= 0.6 is 0 Å². The van der Waals surface area contributed by atoms with E-state index < -0.39 is 22.3 Å². The number of amidine groups is 4. The topological polar surface area (TPSA) is 182 Å². The molecule has 0 saturated heterocycles. The molecular weight excluding hydrogens is 1110 g/mol. The number of aromatic nitrogens is 10. The number of H-pyrrole nitrogens is 1. The van der Waals surface area contributed by atoms with Crippen LogP contribution in [0.3, 0.4) is 0 Å². The van der Waals surface area contributed by atoms with Crippen molar-refractivity contribution in [3.05, 3.63) is 227 Å². The van der Waals surface area contributed by atoms with Gasteiger partial charge in [-0.2, -0.15) is 0 Å². The van der Waals surface area contributed by atoms with Gasteiger partial charge in [-0.25, -0.2) is 0 Å². The van der Waals surface area contributed by atoms with Gasteiger partial charge in [-0.05, 0) is 0 Å². The summed E-state index contributed by atoms with van der Waals surface area (Å²) in [5, 5.41) is 7.08. The van der Waals surface area contributed by atoms with E-state index in [2.05, 4.69) is 146 Å². The van der Waals surface area contributed by atoms with Gasteiger partial charge in [0, 0.05) is 0 Å². The van der Waals surface area contributed by atoms with Crippen molar-refractivity contribution in [3.63, 3.8) is 0 Å². The first-order chi connectivity index (χ1) is 40.1. The zero-order chi connectivity index (χ0) is 52.6. The van der Waals surface area contributed by atoms with Gasteiger partial charge in [0.1, 0.15) is 0 Å². The summed E-state index contributed by atoms with van der Waals surface area (Å²) in [7, 11) is 0. The van der Waals surface area contributed by atoms with Crippen molar-refractivity contribution in [1.82, 2.24) is 42.6 Å². The molecule has 0 atom stereocenters. The molecule has 6 aliphatic heterocycles. The van der Waals surface area contributed by atoms with Crippen LogP contribution in [0.5, 0.6) is 0 Å². The van der Waals surface area contributed by atoms with E-state index in [9.17, 15) is 0 Å². The SMILES string of the molecule is c1ccc2c(c1)C1=NC2=Nc2c3ccccc3c3[n]2[In]([n]2c4nc5nc(nc6[nH]c(nc7nc(nc2c2ccccc24)-c2ccccc2-7)c2ccccc62)-c2ccccc2-5)[n]2c(c4ccccc4c2=NC2=NC(=N3)c3ccccc32)=N1. The van der Waals surface area contributed by atoms with Crippen LogP contribution in [-0.2, 0) is 0 Å². The van der Waals surface area contributed by atoms with Crippen molar-refractivity contribution >= 4 is 123 Å². The molecule has 6 aliphatic rings. The van der Waals surface area contributed by atoms with Crippen LogP contribution in [-0.4, -0.2) is 88.2 Å². The number of nitrogens with one attached hydrogen (secondary N) is 1. The van der Waals surface area contributed by atoms with Gasteiger partial charge in [0.15, 0.2) is 0 Å². The van der Waals surface area contributed by atoms with Crippen LogP contribution in [0.2, 0.25) is 0 Å². The molecular formula is C64H33InN16. The molecule has 5 aromatic heterocycles. The van der Waals surface area contributed by atoms with E-state index in [1.165, 1.54) is 0 Å². The third kappa shape index (κ3) is 5.98. The molecule has 11 heterocycles. The monoisotopic (exact) mass is 1140 g/mol. The predicted octanol–water partition coefficient (Wildman–Crippen LogP) is 11.1. The molecule has 0 saturated carbocycles. The Balaban J connectivity index is 1.09. The number of benzene rings is 8. The number of rotatable bonds is 1. The maximum absolute atomic E-state index is 5.90. The average molecular weight is 1140 g/mol. The summed E-state index contributed by atoms with van der Waals surface area (Å²) >= 11 is -4.87. The van der Waals surface area contributed by atoms with E-state index in [1.807, 2.05) is 60.7 Å². The van der Waals surface area contributed by atoms with Gasteiger partial charge in [-0.3, -0.25) is 0 Å². The van der Waals surface area contributed by atoms with Crippen molar-refractivity contribution < 1.29 is 0 Å². The fourth-order valence-electron chi connectivity index (χ4n) is 12.6. The number of aliphatic imine (C=N–C) groups is 4. The number of hydrogen-bond acceptors (Lipinski definition) is 12. The minimum absolute atomic E-state index is 0.497. The maximum atomic E-state index is 5.90. The zero-order valence-electron chi connectivity index (χ0n) is 42.3. The van der Waals surface area contributed by atoms with Crippen LogP contribution in [0.25, 0.3) is 111 Å². The summed E-state index contributed by atoms with van der Waals surface area (Å²) in [5.41, 5.74) is 10.8. The minimum atomic E-state index is -4.87. The van der Waals surface area contributed by atoms with Crippen LogP contribution in [0, 0.1) is 0 Å². The van der Waals surface area contributed by atoms with Crippen LogP contribution in [0.4, 0.5) is 11.6 Å². The Hall–Kier alpha value is -10.6. The third-order valence-corrected chi connectivity index (χ3v) is 24.3. The van der Waals surface area contributed by atoms with Crippen LogP contribution in [0.1, 0.15) is 22.3 Å². The summed E-state index contributed by atoms with van der Waals surface area (Å²) < 4.78 is 7.18. The Morgan fingerprint density at radius 3 is 0.988 bits per heavy atom.